The van der Waals surface area contributed by atoms with Crippen molar-refractivity contribution in [3.05, 3.63) is 24.3 Å². The summed E-state index contributed by atoms with van der Waals surface area (Å²) in [4.78, 5) is 10.7. The zero-order chi connectivity index (χ0) is 9.56. The molecule has 0 aromatic carbocycles. The van der Waals surface area contributed by atoms with Crippen molar-refractivity contribution in [2.24, 2.45) is 0 Å². The fraction of sp³-hybridized carbons (Fsp3) is 0.444. The predicted octanol–water partition coefficient (Wildman–Crippen LogP) is 2.29. The van der Waals surface area contributed by atoms with Gasteiger partial charge in [-0.15, -0.1) is 0 Å². The van der Waals surface area contributed by atoms with Gasteiger partial charge in [-0.25, -0.2) is 4.79 Å². The van der Waals surface area contributed by atoms with Gasteiger partial charge >= 0.3 is 6.16 Å². The van der Waals surface area contributed by atoms with E-state index in [1.807, 2.05) is 0 Å². The monoisotopic (exact) mass is 170 g/mol. The molecule has 3 heteroatoms. The van der Waals surface area contributed by atoms with Crippen LogP contribution in [-0.2, 0) is 9.47 Å². The van der Waals surface area contributed by atoms with Crippen LogP contribution in [0.3, 0.4) is 0 Å². The van der Waals surface area contributed by atoms with Crippen molar-refractivity contribution in [3.8, 4) is 0 Å². The van der Waals surface area contributed by atoms with Crippen LogP contribution in [-0.4, -0.2) is 19.4 Å². The highest BCUT2D eigenvalue weighted by molar-refractivity contribution is 5.60. The van der Waals surface area contributed by atoms with Crippen molar-refractivity contribution < 1.29 is 14.3 Å². The number of carbonyl (C=O) groups is 1. The zero-order valence-electron chi connectivity index (χ0n) is 7.55. The molecule has 0 saturated carbocycles. The maximum atomic E-state index is 10.7. The first-order chi connectivity index (χ1) is 5.52. The molecular formula is C9H14O3. The van der Waals surface area contributed by atoms with Crippen LogP contribution < -0.4 is 0 Å². The normalized spacial score (nSPS) is 8.83. The van der Waals surface area contributed by atoms with E-state index in [2.05, 4.69) is 22.6 Å². The molecule has 0 aliphatic rings. The van der Waals surface area contributed by atoms with Crippen molar-refractivity contribution in [1.29, 1.82) is 0 Å². The minimum atomic E-state index is -0.680. The van der Waals surface area contributed by atoms with Crippen molar-refractivity contribution in [3.63, 3.8) is 0 Å². The van der Waals surface area contributed by atoms with E-state index in [4.69, 9.17) is 0 Å². The van der Waals surface area contributed by atoms with E-state index in [-0.39, 0.29) is 13.2 Å². The lowest BCUT2D eigenvalue weighted by molar-refractivity contribution is 0.0683. The summed E-state index contributed by atoms with van der Waals surface area (Å²) in [6.07, 6.45) is -0.680. The molecule has 0 fully saturated rings. The van der Waals surface area contributed by atoms with Gasteiger partial charge in [0, 0.05) is 0 Å². The van der Waals surface area contributed by atoms with Crippen molar-refractivity contribution >= 4 is 6.16 Å². The lowest BCUT2D eigenvalue weighted by Gasteiger charge is -2.04. The van der Waals surface area contributed by atoms with E-state index in [9.17, 15) is 4.79 Å². The fourth-order valence-corrected chi connectivity index (χ4v) is 0.406. The quantitative estimate of drug-likeness (QED) is 0.479. The zero-order valence-corrected chi connectivity index (χ0v) is 7.55. The number of carbonyl (C=O) groups excluding carboxylic acids is 1. The molecule has 0 aliphatic carbocycles. The Kier molecular flexibility index (Phi) is 4.84. The van der Waals surface area contributed by atoms with Crippen LogP contribution in [0.2, 0.25) is 0 Å². The summed E-state index contributed by atoms with van der Waals surface area (Å²) in [5.74, 6) is 0. The number of hydrogen-bond acceptors (Lipinski definition) is 3. The molecule has 0 unspecified atom stereocenters. The van der Waals surface area contributed by atoms with Gasteiger partial charge in [-0.05, 0) is 25.0 Å². The predicted molar refractivity (Wildman–Crippen MR) is 46.9 cm³/mol. The van der Waals surface area contributed by atoms with Crippen LogP contribution in [0.1, 0.15) is 13.8 Å². The Hall–Kier alpha value is -1.25. The van der Waals surface area contributed by atoms with Crippen LogP contribution in [0.15, 0.2) is 24.3 Å². The Balaban J connectivity index is 3.47. The molecule has 12 heavy (non-hydrogen) atoms. The second-order valence-electron chi connectivity index (χ2n) is 2.74. The van der Waals surface area contributed by atoms with E-state index in [1.54, 1.807) is 13.8 Å². The van der Waals surface area contributed by atoms with E-state index < -0.39 is 6.16 Å². The van der Waals surface area contributed by atoms with E-state index in [0.717, 1.165) is 11.1 Å². The maximum absolute atomic E-state index is 10.7. The molecule has 0 heterocycles. The van der Waals surface area contributed by atoms with Gasteiger partial charge in [-0.2, -0.15) is 0 Å². The third kappa shape index (κ3) is 6.86. The molecule has 0 aliphatic heterocycles. The molecule has 3 nitrogen and oxygen atoms in total. The van der Waals surface area contributed by atoms with Gasteiger partial charge in [-0.3, -0.25) is 0 Å². The lowest BCUT2D eigenvalue weighted by atomic mass is 10.4. The minimum absolute atomic E-state index is 0.203. The molecule has 0 spiro atoms. The summed E-state index contributed by atoms with van der Waals surface area (Å²) in [7, 11) is 0. The molecule has 0 bridgehead atoms. The first-order valence-electron chi connectivity index (χ1n) is 3.60. The third-order valence-corrected chi connectivity index (χ3v) is 0.873. The molecule has 0 atom stereocenters. The molecule has 0 N–H and O–H groups in total. The Morgan fingerprint density at radius 2 is 1.42 bits per heavy atom. The molecule has 0 aromatic heterocycles. The van der Waals surface area contributed by atoms with Gasteiger partial charge in [0.2, 0.25) is 0 Å². The SMILES string of the molecule is C=C(C)COC(=O)OCC(=C)C. The van der Waals surface area contributed by atoms with Crippen molar-refractivity contribution in [1.82, 2.24) is 0 Å². The molecule has 0 saturated heterocycles. The van der Waals surface area contributed by atoms with Crippen molar-refractivity contribution in [2.75, 3.05) is 13.2 Å². The van der Waals surface area contributed by atoms with Gasteiger partial charge in [0.1, 0.15) is 13.2 Å². The van der Waals surface area contributed by atoms with Gasteiger partial charge < -0.3 is 9.47 Å². The highest BCUT2D eigenvalue weighted by Gasteiger charge is 2.02. The second-order valence-corrected chi connectivity index (χ2v) is 2.74. The van der Waals surface area contributed by atoms with Crippen molar-refractivity contribution in [2.45, 2.75) is 13.8 Å². The van der Waals surface area contributed by atoms with Crippen LogP contribution in [0, 0.1) is 0 Å². The Labute approximate surface area is 72.7 Å². The summed E-state index contributed by atoms with van der Waals surface area (Å²) in [5.41, 5.74) is 1.56. The average molecular weight is 170 g/mol. The first-order valence-corrected chi connectivity index (χ1v) is 3.60. The smallest absolute Gasteiger partial charge is 0.430 e. The topological polar surface area (TPSA) is 35.5 Å². The summed E-state index contributed by atoms with van der Waals surface area (Å²) < 4.78 is 9.30. The van der Waals surface area contributed by atoms with E-state index >= 15 is 0 Å². The second kappa shape index (κ2) is 5.41. The van der Waals surface area contributed by atoms with E-state index in [0.29, 0.717) is 0 Å². The summed E-state index contributed by atoms with van der Waals surface area (Å²) in [5, 5.41) is 0. The van der Waals surface area contributed by atoms with Gasteiger partial charge in [-0.1, -0.05) is 13.2 Å². The van der Waals surface area contributed by atoms with Gasteiger partial charge in [0.15, 0.2) is 0 Å². The van der Waals surface area contributed by atoms with Gasteiger partial charge in [0.05, 0.1) is 0 Å². The third-order valence-electron chi connectivity index (χ3n) is 0.873. The minimum Gasteiger partial charge on any atom is -0.430 e. The first kappa shape index (κ1) is 10.8. The highest BCUT2D eigenvalue weighted by atomic mass is 16.7. The summed E-state index contributed by atoms with van der Waals surface area (Å²) in [6, 6.07) is 0. The Bertz CT molecular complexity index is 174. The number of hydrogen-bond donors (Lipinski definition) is 0. The summed E-state index contributed by atoms with van der Waals surface area (Å²) in [6.45, 7) is 11.1. The largest absolute Gasteiger partial charge is 0.508 e. The maximum Gasteiger partial charge on any atom is 0.508 e. The molecule has 0 radical (unpaired) electrons. The number of rotatable bonds is 4. The Morgan fingerprint density at radius 1 is 1.08 bits per heavy atom. The fourth-order valence-electron chi connectivity index (χ4n) is 0.406. The van der Waals surface area contributed by atoms with Crippen LogP contribution in [0.25, 0.3) is 0 Å². The Morgan fingerprint density at radius 3 is 1.67 bits per heavy atom. The van der Waals surface area contributed by atoms with Crippen LogP contribution in [0.4, 0.5) is 4.79 Å². The molecule has 0 rings (SSSR count). The lowest BCUT2D eigenvalue weighted by Crippen LogP contribution is -2.09. The number of ether oxygens (including phenoxy) is 2. The molecule has 68 valence electrons. The van der Waals surface area contributed by atoms with Crippen LogP contribution in [0.5, 0.6) is 0 Å². The highest BCUT2D eigenvalue weighted by Crippen LogP contribution is 1.94. The van der Waals surface area contributed by atoms with Crippen LogP contribution >= 0.6 is 0 Å². The standard InChI is InChI=1S/C9H14O3/c1-7(2)5-11-9(10)12-6-8(3)4/h1,3,5-6H2,2,4H3. The van der Waals surface area contributed by atoms with E-state index in [1.165, 1.54) is 0 Å². The molecule has 0 aromatic rings. The summed E-state index contributed by atoms with van der Waals surface area (Å²) >= 11 is 0. The van der Waals surface area contributed by atoms with Gasteiger partial charge in [0.25, 0.3) is 0 Å². The average Bonchev–Trinajstić information content (AvgIpc) is 1.96. The molecular weight excluding hydrogens is 156 g/mol. The molecule has 0 amide bonds.